The monoisotopic (exact) mass is 431 g/mol. The van der Waals surface area contributed by atoms with Gasteiger partial charge in [-0.2, -0.15) is 0 Å². The molecule has 1 amide bonds. The minimum absolute atomic E-state index is 0.189. The van der Waals surface area contributed by atoms with E-state index in [2.05, 4.69) is 43.8 Å². The molecule has 0 atom stereocenters. The average molecular weight is 432 g/mol. The van der Waals surface area contributed by atoms with Crippen molar-refractivity contribution in [1.82, 2.24) is 0 Å². The lowest BCUT2D eigenvalue weighted by Crippen LogP contribution is -2.13. The molecule has 5 heteroatoms. The second-order valence-corrected chi connectivity index (χ2v) is 5.97. The van der Waals surface area contributed by atoms with E-state index in [0.29, 0.717) is 11.3 Å². The Balaban J connectivity index is 2.25. The average Bonchev–Trinajstić information content (AvgIpc) is 2.38. The number of halogens is 2. The zero-order valence-corrected chi connectivity index (χ0v) is 13.9. The van der Waals surface area contributed by atoms with E-state index in [4.69, 9.17) is 4.74 Å². The van der Waals surface area contributed by atoms with Crippen LogP contribution in [0, 0.1) is 3.57 Å². The van der Waals surface area contributed by atoms with Gasteiger partial charge in [-0.25, -0.2) is 0 Å². The number of benzene rings is 2. The smallest absolute Gasteiger partial charge is 0.259 e. The van der Waals surface area contributed by atoms with Crippen LogP contribution in [0.4, 0.5) is 5.69 Å². The highest BCUT2D eigenvalue weighted by molar-refractivity contribution is 14.1. The number of carbonyl (C=O) groups excluding carboxylic acids is 1. The quantitative estimate of drug-likeness (QED) is 0.735. The van der Waals surface area contributed by atoms with Crippen molar-refractivity contribution in [2.45, 2.75) is 0 Å². The summed E-state index contributed by atoms with van der Waals surface area (Å²) in [6.07, 6.45) is 0. The van der Waals surface area contributed by atoms with Gasteiger partial charge in [-0.1, -0.05) is 22.0 Å². The number of rotatable bonds is 3. The minimum atomic E-state index is -0.189. The second-order valence-electron chi connectivity index (χ2n) is 3.81. The van der Waals surface area contributed by atoms with Crippen molar-refractivity contribution in [3.05, 3.63) is 56.1 Å². The standard InChI is InChI=1S/C14H11BrINO2/c1-19-13-7-9(15)5-6-12(13)14(18)17-11-4-2-3-10(16)8-11/h2-8H,1H3,(H,17,18). The normalized spacial score (nSPS) is 10.1. The highest BCUT2D eigenvalue weighted by Crippen LogP contribution is 2.24. The molecule has 0 fully saturated rings. The third-order valence-corrected chi connectivity index (χ3v) is 3.65. The first-order valence-electron chi connectivity index (χ1n) is 5.50. The van der Waals surface area contributed by atoms with E-state index >= 15 is 0 Å². The fourth-order valence-corrected chi connectivity index (χ4v) is 2.50. The number of amides is 1. The lowest BCUT2D eigenvalue weighted by Gasteiger charge is -2.10. The molecule has 0 heterocycles. The maximum absolute atomic E-state index is 12.2. The first-order valence-corrected chi connectivity index (χ1v) is 7.38. The Morgan fingerprint density at radius 2 is 2.05 bits per heavy atom. The van der Waals surface area contributed by atoms with Gasteiger partial charge in [-0.3, -0.25) is 4.79 Å². The van der Waals surface area contributed by atoms with Crippen LogP contribution >= 0.6 is 38.5 Å². The van der Waals surface area contributed by atoms with E-state index < -0.39 is 0 Å². The Kier molecular flexibility index (Phi) is 4.81. The van der Waals surface area contributed by atoms with Crippen molar-refractivity contribution >= 4 is 50.1 Å². The molecule has 1 N–H and O–H groups in total. The van der Waals surface area contributed by atoms with Crippen LogP contribution in [-0.4, -0.2) is 13.0 Å². The van der Waals surface area contributed by atoms with Gasteiger partial charge < -0.3 is 10.1 Å². The van der Waals surface area contributed by atoms with Gasteiger partial charge in [0.25, 0.3) is 5.91 Å². The molecule has 2 rings (SSSR count). The number of carbonyl (C=O) groups is 1. The molecule has 2 aromatic carbocycles. The molecule has 2 aromatic rings. The van der Waals surface area contributed by atoms with E-state index in [1.54, 1.807) is 19.2 Å². The van der Waals surface area contributed by atoms with Crippen molar-refractivity contribution in [3.8, 4) is 5.75 Å². The van der Waals surface area contributed by atoms with Gasteiger partial charge in [0.1, 0.15) is 5.75 Å². The number of nitrogens with one attached hydrogen (secondary N) is 1. The summed E-state index contributed by atoms with van der Waals surface area (Å²) >= 11 is 5.55. The van der Waals surface area contributed by atoms with Crippen LogP contribution in [0.15, 0.2) is 46.9 Å². The SMILES string of the molecule is COc1cc(Br)ccc1C(=O)Nc1cccc(I)c1. The molecule has 0 aliphatic rings. The molecule has 0 saturated heterocycles. The number of methoxy groups -OCH3 is 1. The summed E-state index contributed by atoms with van der Waals surface area (Å²) in [5, 5.41) is 2.85. The summed E-state index contributed by atoms with van der Waals surface area (Å²) in [6.45, 7) is 0. The molecule has 19 heavy (non-hydrogen) atoms. The second kappa shape index (κ2) is 6.38. The topological polar surface area (TPSA) is 38.3 Å². The van der Waals surface area contributed by atoms with E-state index in [1.807, 2.05) is 30.3 Å². The first-order chi connectivity index (χ1) is 9.10. The van der Waals surface area contributed by atoms with E-state index in [1.165, 1.54) is 0 Å². The Bertz CT molecular complexity index is 616. The highest BCUT2D eigenvalue weighted by Gasteiger charge is 2.12. The molecule has 0 unspecified atom stereocenters. The van der Waals surface area contributed by atoms with Crippen molar-refractivity contribution < 1.29 is 9.53 Å². The Hall–Kier alpha value is -1.08. The fraction of sp³-hybridized carbons (Fsp3) is 0.0714. The highest BCUT2D eigenvalue weighted by atomic mass is 127. The Labute approximate surface area is 133 Å². The molecule has 0 aliphatic heterocycles. The van der Waals surface area contributed by atoms with Crippen molar-refractivity contribution in [3.63, 3.8) is 0 Å². The van der Waals surface area contributed by atoms with E-state index in [9.17, 15) is 4.79 Å². The van der Waals surface area contributed by atoms with Crippen LogP contribution in [-0.2, 0) is 0 Å². The van der Waals surface area contributed by atoms with Crippen LogP contribution in [0.2, 0.25) is 0 Å². The molecule has 0 aliphatic carbocycles. The number of ether oxygens (including phenoxy) is 1. The molecule has 0 aromatic heterocycles. The summed E-state index contributed by atoms with van der Waals surface area (Å²) in [6, 6.07) is 12.9. The van der Waals surface area contributed by atoms with Crippen LogP contribution in [0.1, 0.15) is 10.4 Å². The van der Waals surface area contributed by atoms with Gasteiger partial charge in [0.2, 0.25) is 0 Å². The lowest BCUT2D eigenvalue weighted by molar-refractivity contribution is 0.102. The van der Waals surface area contributed by atoms with Crippen LogP contribution in [0.25, 0.3) is 0 Å². The molecule has 3 nitrogen and oxygen atoms in total. The summed E-state index contributed by atoms with van der Waals surface area (Å²) in [7, 11) is 1.55. The lowest BCUT2D eigenvalue weighted by atomic mass is 10.2. The van der Waals surface area contributed by atoms with Gasteiger partial charge in [0.05, 0.1) is 12.7 Å². The third kappa shape index (κ3) is 3.70. The third-order valence-electron chi connectivity index (χ3n) is 2.49. The van der Waals surface area contributed by atoms with Gasteiger partial charge >= 0.3 is 0 Å². The van der Waals surface area contributed by atoms with Gasteiger partial charge in [-0.05, 0) is 59.0 Å². The summed E-state index contributed by atoms with van der Waals surface area (Å²) in [5.41, 5.74) is 1.27. The van der Waals surface area contributed by atoms with E-state index in [-0.39, 0.29) is 5.91 Å². The first kappa shape index (κ1) is 14.3. The van der Waals surface area contributed by atoms with Crippen LogP contribution < -0.4 is 10.1 Å². The van der Waals surface area contributed by atoms with Crippen molar-refractivity contribution in [1.29, 1.82) is 0 Å². The molecule has 0 saturated carbocycles. The van der Waals surface area contributed by atoms with Gasteiger partial charge in [0.15, 0.2) is 0 Å². The van der Waals surface area contributed by atoms with E-state index in [0.717, 1.165) is 13.7 Å². The van der Waals surface area contributed by atoms with Crippen LogP contribution in [0.5, 0.6) is 5.75 Å². The summed E-state index contributed by atoms with van der Waals surface area (Å²) < 4.78 is 7.15. The molecule has 0 radical (unpaired) electrons. The zero-order valence-electron chi connectivity index (χ0n) is 10.1. The van der Waals surface area contributed by atoms with Crippen molar-refractivity contribution in [2.75, 3.05) is 12.4 Å². The molecular weight excluding hydrogens is 421 g/mol. The fourth-order valence-electron chi connectivity index (χ4n) is 1.62. The largest absolute Gasteiger partial charge is 0.496 e. The molecule has 98 valence electrons. The van der Waals surface area contributed by atoms with Gasteiger partial charge in [-0.15, -0.1) is 0 Å². The number of hydrogen-bond acceptors (Lipinski definition) is 2. The zero-order chi connectivity index (χ0) is 13.8. The van der Waals surface area contributed by atoms with Crippen LogP contribution in [0.3, 0.4) is 0 Å². The molecule has 0 spiro atoms. The summed E-state index contributed by atoms with van der Waals surface area (Å²) in [4.78, 5) is 12.2. The minimum Gasteiger partial charge on any atom is -0.496 e. The van der Waals surface area contributed by atoms with Crippen molar-refractivity contribution in [2.24, 2.45) is 0 Å². The Morgan fingerprint density at radius 1 is 1.26 bits per heavy atom. The number of anilines is 1. The maximum atomic E-state index is 12.2. The molecule has 0 bridgehead atoms. The Morgan fingerprint density at radius 3 is 2.74 bits per heavy atom. The molecular formula is C14H11BrINO2. The maximum Gasteiger partial charge on any atom is 0.259 e. The predicted molar refractivity (Wildman–Crippen MR) is 87.8 cm³/mol. The number of hydrogen-bond donors (Lipinski definition) is 1. The summed E-state index contributed by atoms with van der Waals surface area (Å²) in [5.74, 6) is 0.351. The van der Waals surface area contributed by atoms with Gasteiger partial charge in [0, 0.05) is 13.7 Å². The predicted octanol–water partition coefficient (Wildman–Crippen LogP) is 4.31.